The van der Waals surface area contributed by atoms with Gasteiger partial charge in [-0.15, -0.1) is 0 Å². The molecule has 0 aliphatic heterocycles. The predicted octanol–water partition coefficient (Wildman–Crippen LogP) is 3.57. The third-order valence-electron chi connectivity index (χ3n) is 3.99. The molecule has 0 fully saturated rings. The minimum atomic E-state index is -3.94. The summed E-state index contributed by atoms with van der Waals surface area (Å²) >= 11 is 0. The summed E-state index contributed by atoms with van der Waals surface area (Å²) in [5.41, 5.74) is 0. The molecule has 0 heterocycles. The van der Waals surface area contributed by atoms with Crippen molar-refractivity contribution in [2.45, 2.75) is 51.6 Å². The highest BCUT2D eigenvalue weighted by molar-refractivity contribution is 7.86. The van der Waals surface area contributed by atoms with E-state index in [0.29, 0.717) is 0 Å². The maximum atomic E-state index is 11.2. The Morgan fingerprint density at radius 3 is 2.00 bits per heavy atom. The molecule has 1 aromatic rings. The number of hydrogen-bond donors (Lipinski definition) is 1. The molecule has 119 valence electrons. The first kappa shape index (κ1) is 18.4. The molecular weight excluding hydrogens is 300 g/mol. The molecule has 1 rings (SSSR count). The fourth-order valence-corrected chi connectivity index (χ4v) is 9.17. The molecule has 21 heavy (non-hydrogen) atoms. The van der Waals surface area contributed by atoms with Crippen molar-refractivity contribution >= 4 is 23.4 Å². The van der Waals surface area contributed by atoms with Gasteiger partial charge in [0.05, 0.1) is 13.8 Å². The van der Waals surface area contributed by atoms with Crippen molar-refractivity contribution in [1.82, 2.24) is 0 Å². The van der Waals surface area contributed by atoms with Gasteiger partial charge in [-0.05, 0) is 6.04 Å². The first-order chi connectivity index (χ1) is 9.93. The smallest absolute Gasteiger partial charge is 0.264 e. The largest absolute Gasteiger partial charge is 0.286 e. The molecule has 1 radical (unpaired) electrons. The predicted molar refractivity (Wildman–Crippen MR) is 92.0 cm³/mol. The molecule has 1 N–H and O–H groups in total. The number of unbranched alkanes of at least 4 members (excludes halogenated alkanes) is 2. The van der Waals surface area contributed by atoms with Gasteiger partial charge in [0.2, 0.25) is 0 Å². The van der Waals surface area contributed by atoms with Gasteiger partial charge in [0.25, 0.3) is 10.1 Å². The third-order valence-corrected chi connectivity index (χ3v) is 9.83. The van der Waals surface area contributed by atoms with Crippen molar-refractivity contribution in [2.75, 3.05) is 5.75 Å². The Hall–Kier alpha value is -0.653. The highest BCUT2D eigenvalue weighted by Crippen LogP contribution is 2.25. The molecule has 3 nitrogen and oxygen atoms in total. The van der Waals surface area contributed by atoms with Crippen LogP contribution in [0.1, 0.15) is 39.5 Å². The summed E-state index contributed by atoms with van der Waals surface area (Å²) in [7, 11) is -5.92. The number of rotatable bonds is 10. The lowest BCUT2D eigenvalue weighted by Crippen LogP contribution is -2.50. The highest BCUT2D eigenvalue weighted by Gasteiger charge is 2.34. The van der Waals surface area contributed by atoms with Crippen LogP contribution in [0.15, 0.2) is 30.3 Å². The van der Waals surface area contributed by atoms with Crippen LogP contribution < -0.4 is 5.19 Å². The highest BCUT2D eigenvalue weighted by atomic mass is 32.2. The Bertz CT molecular complexity index is 492. The van der Waals surface area contributed by atoms with E-state index in [4.69, 9.17) is 4.55 Å². The van der Waals surface area contributed by atoms with E-state index >= 15 is 0 Å². The van der Waals surface area contributed by atoms with Crippen LogP contribution in [0, 0.1) is 6.04 Å². The molecular formula is C16H27O3SSi. The first-order valence-electron chi connectivity index (χ1n) is 7.78. The van der Waals surface area contributed by atoms with E-state index in [-0.39, 0.29) is 5.75 Å². The van der Waals surface area contributed by atoms with Crippen molar-refractivity contribution in [2.24, 2.45) is 0 Å². The lowest BCUT2D eigenvalue weighted by Gasteiger charge is -2.32. The van der Waals surface area contributed by atoms with Crippen molar-refractivity contribution in [3.63, 3.8) is 0 Å². The van der Waals surface area contributed by atoms with Gasteiger partial charge in [-0.2, -0.15) is 8.42 Å². The van der Waals surface area contributed by atoms with Crippen LogP contribution in [0.3, 0.4) is 0 Å². The fraction of sp³-hybridized carbons (Fsp3) is 0.562. The minimum absolute atomic E-state index is 0.221. The quantitative estimate of drug-likeness (QED) is 0.528. The van der Waals surface area contributed by atoms with Gasteiger partial charge < -0.3 is 0 Å². The van der Waals surface area contributed by atoms with Crippen molar-refractivity contribution in [3.8, 4) is 0 Å². The summed E-state index contributed by atoms with van der Waals surface area (Å²) in [6, 6.07) is 14.3. The molecule has 0 aromatic heterocycles. The molecule has 0 saturated carbocycles. The molecule has 0 atom stereocenters. The second kappa shape index (κ2) is 8.71. The first-order valence-corrected chi connectivity index (χ1v) is 11.9. The van der Waals surface area contributed by atoms with E-state index in [1.165, 1.54) is 5.19 Å². The summed E-state index contributed by atoms with van der Waals surface area (Å²) < 4.78 is 31.5. The molecule has 0 saturated heterocycles. The number of hydrogen-bond acceptors (Lipinski definition) is 2. The molecule has 0 spiro atoms. The summed E-state index contributed by atoms with van der Waals surface area (Å²) in [6.45, 7) is 4.32. The molecule has 0 unspecified atom stereocenters. The van der Waals surface area contributed by atoms with Gasteiger partial charge in [-0.3, -0.25) is 4.55 Å². The summed E-state index contributed by atoms with van der Waals surface area (Å²) in [5.74, 6) is -0.221. The standard InChI is InChI=1S/C16H27O3SSi/c1-3-5-13-21(14-6-4-2,15-12-20(17,18)19)16-10-8-7-9-11-16/h7-11,15H,3-6,12-14H2,1-2H3,(H,17,18,19). The molecule has 0 aliphatic rings. The third kappa shape index (κ3) is 6.32. The van der Waals surface area contributed by atoms with E-state index in [9.17, 15) is 8.42 Å². The maximum absolute atomic E-state index is 11.2. The summed E-state index contributed by atoms with van der Waals surface area (Å²) in [4.78, 5) is 0. The van der Waals surface area contributed by atoms with Gasteiger partial charge in [0.15, 0.2) is 0 Å². The zero-order chi connectivity index (χ0) is 15.8. The van der Waals surface area contributed by atoms with Crippen molar-refractivity contribution in [3.05, 3.63) is 36.4 Å². The second-order valence-corrected chi connectivity index (χ2v) is 11.5. The van der Waals surface area contributed by atoms with Crippen LogP contribution in [0.5, 0.6) is 0 Å². The van der Waals surface area contributed by atoms with E-state index in [1.54, 1.807) is 0 Å². The maximum Gasteiger partial charge on any atom is 0.264 e. The van der Waals surface area contributed by atoms with Gasteiger partial charge in [-0.1, -0.05) is 87.1 Å². The van der Waals surface area contributed by atoms with E-state index < -0.39 is 18.2 Å². The average Bonchev–Trinajstić information content (AvgIpc) is 2.47. The normalized spacial score (nSPS) is 12.5. The van der Waals surface area contributed by atoms with Gasteiger partial charge >= 0.3 is 0 Å². The van der Waals surface area contributed by atoms with Gasteiger partial charge in [0.1, 0.15) is 0 Å². The van der Waals surface area contributed by atoms with Crippen LogP contribution in [0.4, 0.5) is 0 Å². The minimum Gasteiger partial charge on any atom is -0.286 e. The van der Waals surface area contributed by atoms with Crippen LogP contribution in [-0.2, 0) is 10.1 Å². The Kier molecular flexibility index (Phi) is 7.63. The Morgan fingerprint density at radius 2 is 1.57 bits per heavy atom. The van der Waals surface area contributed by atoms with Gasteiger partial charge in [0, 0.05) is 0 Å². The van der Waals surface area contributed by atoms with E-state index in [2.05, 4.69) is 26.0 Å². The molecule has 1 aromatic carbocycles. The van der Waals surface area contributed by atoms with Gasteiger partial charge in [-0.25, -0.2) is 0 Å². The molecule has 0 amide bonds. The lowest BCUT2D eigenvalue weighted by molar-refractivity contribution is 0.486. The van der Waals surface area contributed by atoms with Crippen LogP contribution >= 0.6 is 0 Å². The topological polar surface area (TPSA) is 54.4 Å². The molecule has 0 bridgehead atoms. The van der Waals surface area contributed by atoms with Crippen molar-refractivity contribution in [1.29, 1.82) is 0 Å². The molecule has 5 heteroatoms. The van der Waals surface area contributed by atoms with Crippen LogP contribution in [0.25, 0.3) is 0 Å². The Labute approximate surface area is 130 Å². The van der Waals surface area contributed by atoms with E-state index in [1.807, 2.05) is 24.2 Å². The Balaban J connectivity index is 3.07. The summed E-state index contributed by atoms with van der Waals surface area (Å²) in [6.07, 6.45) is 4.42. The second-order valence-electron chi connectivity index (χ2n) is 5.68. The average molecular weight is 328 g/mol. The van der Waals surface area contributed by atoms with Crippen LogP contribution in [0.2, 0.25) is 12.1 Å². The SMILES string of the molecule is CCCC[Si]([CH]CS(=O)(=O)O)(CCCC)c1ccccc1. The van der Waals surface area contributed by atoms with Crippen molar-refractivity contribution < 1.29 is 13.0 Å². The summed E-state index contributed by atoms with van der Waals surface area (Å²) in [5, 5.41) is 1.29. The van der Waals surface area contributed by atoms with E-state index in [0.717, 1.165) is 37.8 Å². The molecule has 0 aliphatic carbocycles. The number of benzene rings is 1. The Morgan fingerprint density at radius 1 is 1.05 bits per heavy atom. The fourth-order valence-electron chi connectivity index (χ4n) is 2.76. The monoisotopic (exact) mass is 327 g/mol. The zero-order valence-electron chi connectivity index (χ0n) is 13.1. The zero-order valence-corrected chi connectivity index (χ0v) is 14.9. The lowest BCUT2D eigenvalue weighted by atomic mass is 10.4. The van der Waals surface area contributed by atoms with Crippen LogP contribution in [-0.4, -0.2) is 26.8 Å².